The van der Waals surface area contributed by atoms with Crippen LogP contribution in [0.2, 0.25) is 0 Å². The van der Waals surface area contributed by atoms with Crippen LogP contribution in [0, 0.1) is 0 Å². The summed E-state index contributed by atoms with van der Waals surface area (Å²) in [5.74, 6) is 0.202. The van der Waals surface area contributed by atoms with Crippen molar-refractivity contribution in [1.82, 2.24) is 4.90 Å². The zero-order valence-electron chi connectivity index (χ0n) is 12.3. The maximum atomic E-state index is 11.6. The lowest BCUT2D eigenvalue weighted by molar-refractivity contribution is -0.143. The molecule has 1 rings (SSSR count). The minimum atomic E-state index is -0.0953. The standard InChI is InChI=1S/C15H27NO3/c1-3-19-15(18)10-5-4-7-11-16-12-8-6-9-14(16)13(2)17/h14H,3-12H2,1-2H3. The molecule has 1 aliphatic heterocycles. The van der Waals surface area contributed by atoms with Crippen molar-refractivity contribution in [2.75, 3.05) is 19.7 Å². The van der Waals surface area contributed by atoms with E-state index in [4.69, 9.17) is 4.74 Å². The van der Waals surface area contributed by atoms with Crippen molar-refractivity contribution in [3.63, 3.8) is 0 Å². The lowest BCUT2D eigenvalue weighted by Gasteiger charge is -2.34. The van der Waals surface area contributed by atoms with E-state index in [1.165, 1.54) is 12.8 Å². The minimum Gasteiger partial charge on any atom is -0.466 e. The van der Waals surface area contributed by atoms with Gasteiger partial charge in [0.05, 0.1) is 12.6 Å². The van der Waals surface area contributed by atoms with E-state index in [0.29, 0.717) is 18.8 Å². The summed E-state index contributed by atoms with van der Waals surface area (Å²) in [7, 11) is 0. The molecule has 1 unspecified atom stereocenters. The number of Topliss-reactive ketones (excluding diaryl/α,β-unsaturated/α-hetero) is 1. The van der Waals surface area contributed by atoms with E-state index in [1.54, 1.807) is 6.92 Å². The molecule has 0 spiro atoms. The molecule has 4 heteroatoms. The third-order valence-electron chi connectivity index (χ3n) is 3.71. The summed E-state index contributed by atoms with van der Waals surface area (Å²) in [5.41, 5.74) is 0. The Balaban J connectivity index is 2.13. The molecule has 1 atom stereocenters. The summed E-state index contributed by atoms with van der Waals surface area (Å²) in [4.78, 5) is 25.0. The molecule has 0 amide bonds. The molecule has 1 fully saturated rings. The number of carbonyl (C=O) groups excluding carboxylic acids is 2. The maximum absolute atomic E-state index is 11.6. The molecule has 0 aromatic carbocycles. The Morgan fingerprint density at radius 2 is 2.00 bits per heavy atom. The summed E-state index contributed by atoms with van der Waals surface area (Å²) in [6.07, 6.45) is 6.87. The smallest absolute Gasteiger partial charge is 0.305 e. The number of likely N-dealkylation sites (tertiary alicyclic amines) is 1. The van der Waals surface area contributed by atoms with Gasteiger partial charge in [0.2, 0.25) is 0 Å². The highest BCUT2D eigenvalue weighted by Crippen LogP contribution is 2.18. The van der Waals surface area contributed by atoms with E-state index in [-0.39, 0.29) is 12.0 Å². The van der Waals surface area contributed by atoms with Crippen LogP contribution in [0.3, 0.4) is 0 Å². The van der Waals surface area contributed by atoms with Crippen molar-refractivity contribution in [2.45, 2.75) is 64.8 Å². The van der Waals surface area contributed by atoms with E-state index in [9.17, 15) is 9.59 Å². The second-order valence-electron chi connectivity index (χ2n) is 5.27. The van der Waals surface area contributed by atoms with Gasteiger partial charge in [0.1, 0.15) is 5.78 Å². The Labute approximate surface area is 116 Å². The molecule has 0 N–H and O–H groups in total. The van der Waals surface area contributed by atoms with E-state index in [0.717, 1.165) is 38.8 Å². The number of ether oxygens (including phenoxy) is 1. The van der Waals surface area contributed by atoms with Gasteiger partial charge in [-0.3, -0.25) is 14.5 Å². The maximum Gasteiger partial charge on any atom is 0.305 e. The van der Waals surface area contributed by atoms with Gasteiger partial charge in [0.15, 0.2) is 0 Å². The van der Waals surface area contributed by atoms with Crippen LogP contribution >= 0.6 is 0 Å². The fraction of sp³-hybridized carbons (Fsp3) is 0.867. The Kier molecular flexibility index (Phi) is 7.72. The van der Waals surface area contributed by atoms with Gasteiger partial charge in [-0.15, -0.1) is 0 Å². The van der Waals surface area contributed by atoms with E-state index in [2.05, 4.69) is 4.90 Å². The molecule has 19 heavy (non-hydrogen) atoms. The van der Waals surface area contributed by atoms with Crippen LogP contribution in [0.15, 0.2) is 0 Å². The Hall–Kier alpha value is -0.900. The lowest BCUT2D eigenvalue weighted by atomic mass is 9.98. The summed E-state index contributed by atoms with van der Waals surface area (Å²) in [6.45, 7) is 6.02. The van der Waals surface area contributed by atoms with Crippen LogP contribution in [0.4, 0.5) is 0 Å². The predicted octanol–water partition coefficient (Wildman–Crippen LogP) is 2.55. The molecule has 0 radical (unpaired) electrons. The zero-order chi connectivity index (χ0) is 14.1. The first kappa shape index (κ1) is 16.2. The Bertz CT molecular complexity index is 291. The second kappa shape index (κ2) is 9.08. The molecule has 1 aliphatic rings. The molecule has 0 aliphatic carbocycles. The molecule has 0 saturated carbocycles. The second-order valence-corrected chi connectivity index (χ2v) is 5.27. The fourth-order valence-corrected chi connectivity index (χ4v) is 2.71. The quantitative estimate of drug-likeness (QED) is 0.502. The summed E-state index contributed by atoms with van der Waals surface area (Å²) in [6, 6.07) is 0.138. The third-order valence-corrected chi connectivity index (χ3v) is 3.71. The molecule has 4 nitrogen and oxygen atoms in total. The van der Waals surface area contributed by atoms with Crippen molar-refractivity contribution >= 4 is 11.8 Å². The first-order chi connectivity index (χ1) is 9.15. The molecule has 110 valence electrons. The van der Waals surface area contributed by atoms with Gasteiger partial charge in [-0.05, 0) is 52.6 Å². The number of hydrogen-bond donors (Lipinski definition) is 0. The highest BCUT2D eigenvalue weighted by Gasteiger charge is 2.25. The molecule has 1 saturated heterocycles. The van der Waals surface area contributed by atoms with Crippen LogP contribution in [-0.2, 0) is 14.3 Å². The number of unbranched alkanes of at least 4 members (excludes halogenated alkanes) is 2. The molecule has 1 heterocycles. The number of ketones is 1. The monoisotopic (exact) mass is 269 g/mol. The summed E-state index contributed by atoms with van der Waals surface area (Å²) in [5, 5.41) is 0. The minimum absolute atomic E-state index is 0.0953. The normalized spacial score (nSPS) is 20.2. The third kappa shape index (κ3) is 6.19. The number of piperidine rings is 1. The van der Waals surface area contributed by atoms with Gasteiger partial charge < -0.3 is 4.74 Å². The largest absolute Gasteiger partial charge is 0.466 e. The summed E-state index contributed by atoms with van der Waals surface area (Å²) >= 11 is 0. The average molecular weight is 269 g/mol. The number of esters is 1. The van der Waals surface area contributed by atoms with Gasteiger partial charge in [0, 0.05) is 6.42 Å². The topological polar surface area (TPSA) is 46.6 Å². The van der Waals surface area contributed by atoms with Crippen molar-refractivity contribution in [1.29, 1.82) is 0 Å². The van der Waals surface area contributed by atoms with Crippen molar-refractivity contribution in [3.05, 3.63) is 0 Å². The average Bonchev–Trinajstić information content (AvgIpc) is 2.39. The fourth-order valence-electron chi connectivity index (χ4n) is 2.71. The first-order valence-corrected chi connectivity index (χ1v) is 7.55. The Morgan fingerprint density at radius 3 is 2.68 bits per heavy atom. The van der Waals surface area contributed by atoms with Gasteiger partial charge >= 0.3 is 5.97 Å². The van der Waals surface area contributed by atoms with Crippen molar-refractivity contribution in [2.24, 2.45) is 0 Å². The zero-order valence-corrected chi connectivity index (χ0v) is 12.3. The molecular formula is C15H27NO3. The van der Waals surface area contributed by atoms with Crippen LogP contribution in [-0.4, -0.2) is 42.4 Å². The van der Waals surface area contributed by atoms with E-state index < -0.39 is 0 Å². The highest BCUT2D eigenvalue weighted by molar-refractivity contribution is 5.81. The molecular weight excluding hydrogens is 242 g/mol. The van der Waals surface area contributed by atoms with Crippen LogP contribution < -0.4 is 0 Å². The van der Waals surface area contributed by atoms with Gasteiger partial charge in [-0.1, -0.05) is 12.8 Å². The van der Waals surface area contributed by atoms with E-state index >= 15 is 0 Å². The number of carbonyl (C=O) groups is 2. The van der Waals surface area contributed by atoms with Crippen LogP contribution in [0.1, 0.15) is 58.8 Å². The van der Waals surface area contributed by atoms with Gasteiger partial charge in [0.25, 0.3) is 0 Å². The van der Waals surface area contributed by atoms with E-state index in [1.807, 2.05) is 6.92 Å². The van der Waals surface area contributed by atoms with Crippen LogP contribution in [0.25, 0.3) is 0 Å². The molecule has 0 bridgehead atoms. The molecule has 0 aromatic rings. The van der Waals surface area contributed by atoms with Gasteiger partial charge in [-0.2, -0.15) is 0 Å². The van der Waals surface area contributed by atoms with Crippen molar-refractivity contribution < 1.29 is 14.3 Å². The Morgan fingerprint density at radius 1 is 1.21 bits per heavy atom. The molecule has 0 aromatic heterocycles. The summed E-state index contributed by atoms with van der Waals surface area (Å²) < 4.78 is 4.89. The number of nitrogens with zero attached hydrogens (tertiary/aromatic N) is 1. The SMILES string of the molecule is CCOC(=O)CCCCCN1CCCCC1C(C)=O. The van der Waals surface area contributed by atoms with Crippen LogP contribution in [0.5, 0.6) is 0 Å². The first-order valence-electron chi connectivity index (χ1n) is 7.55. The number of hydrogen-bond acceptors (Lipinski definition) is 4. The predicted molar refractivity (Wildman–Crippen MR) is 75.0 cm³/mol. The lowest BCUT2D eigenvalue weighted by Crippen LogP contribution is -2.44. The number of rotatable bonds is 8. The highest BCUT2D eigenvalue weighted by atomic mass is 16.5. The van der Waals surface area contributed by atoms with Gasteiger partial charge in [-0.25, -0.2) is 0 Å². The van der Waals surface area contributed by atoms with Crippen molar-refractivity contribution in [3.8, 4) is 0 Å².